The van der Waals surface area contributed by atoms with E-state index in [4.69, 9.17) is 9.47 Å². The summed E-state index contributed by atoms with van der Waals surface area (Å²) in [5.74, 6) is -2.33. The minimum Gasteiger partial charge on any atom is -0.544 e. The third-order valence-electron chi connectivity index (χ3n) is 3.89. The quantitative estimate of drug-likeness (QED) is 0.437. The van der Waals surface area contributed by atoms with E-state index in [1.807, 2.05) is 12.2 Å². The topological polar surface area (TPSA) is 124 Å². The fourth-order valence-electron chi connectivity index (χ4n) is 2.48. The van der Waals surface area contributed by atoms with Crippen molar-refractivity contribution in [3.63, 3.8) is 0 Å². The summed E-state index contributed by atoms with van der Waals surface area (Å²) in [6.07, 6.45) is 8.13. The molecule has 30 heavy (non-hydrogen) atoms. The fraction of sp³-hybridized carbons (Fsp3) is 0.333. The number of hydrogen-bond donors (Lipinski definition) is 0. The SMILES string of the molecule is O=C([O-])c1cnc(C2=CCOCC2)s1.O=C([O-])c1cnc(C2=CCOCC2)s1.[Li+].[Li+]. The molecular weight excluding hydrogens is 418 g/mol. The van der Waals surface area contributed by atoms with Crippen molar-refractivity contribution in [2.75, 3.05) is 26.4 Å². The molecule has 4 heterocycles. The van der Waals surface area contributed by atoms with Crippen LogP contribution >= 0.6 is 22.7 Å². The molecule has 0 atom stereocenters. The third kappa shape index (κ3) is 7.49. The first-order chi connectivity index (χ1) is 13.5. The van der Waals surface area contributed by atoms with Crippen molar-refractivity contribution >= 4 is 45.8 Å². The first-order valence-electron chi connectivity index (χ1n) is 8.43. The Bertz CT molecular complexity index is 851. The second-order valence-electron chi connectivity index (χ2n) is 5.74. The van der Waals surface area contributed by atoms with Gasteiger partial charge in [-0.3, -0.25) is 0 Å². The van der Waals surface area contributed by atoms with Crippen molar-refractivity contribution in [3.8, 4) is 0 Å². The molecule has 2 aromatic heterocycles. The summed E-state index contributed by atoms with van der Waals surface area (Å²) in [5.41, 5.74) is 2.13. The molecule has 2 aliphatic rings. The number of rotatable bonds is 4. The molecule has 0 aliphatic carbocycles. The maximum Gasteiger partial charge on any atom is 1.00 e. The van der Waals surface area contributed by atoms with Crippen LogP contribution in [0, 0.1) is 0 Å². The molecule has 12 heteroatoms. The predicted octanol–water partition coefficient (Wildman–Crippen LogP) is -5.37. The van der Waals surface area contributed by atoms with Crippen LogP contribution in [0.2, 0.25) is 0 Å². The number of hydrogen-bond acceptors (Lipinski definition) is 10. The molecule has 0 N–H and O–H groups in total. The van der Waals surface area contributed by atoms with Crippen molar-refractivity contribution in [3.05, 3.63) is 44.3 Å². The van der Waals surface area contributed by atoms with E-state index in [9.17, 15) is 19.8 Å². The fourth-order valence-corrected chi connectivity index (χ4v) is 4.11. The number of thiazole rings is 2. The van der Waals surface area contributed by atoms with E-state index in [0.29, 0.717) is 26.4 Å². The number of aromatic nitrogens is 2. The largest absolute Gasteiger partial charge is 1.00 e. The Hall–Kier alpha value is -1.21. The Kier molecular flexibility index (Phi) is 11.9. The van der Waals surface area contributed by atoms with Crippen LogP contribution in [0.1, 0.15) is 42.2 Å². The summed E-state index contributed by atoms with van der Waals surface area (Å²) >= 11 is 2.30. The van der Waals surface area contributed by atoms with Crippen LogP contribution in [0.5, 0.6) is 0 Å². The van der Waals surface area contributed by atoms with Gasteiger partial charge in [0, 0.05) is 12.4 Å². The van der Waals surface area contributed by atoms with Gasteiger partial charge >= 0.3 is 37.7 Å². The van der Waals surface area contributed by atoms with Crippen LogP contribution in [0.25, 0.3) is 11.1 Å². The van der Waals surface area contributed by atoms with Crippen LogP contribution in [-0.2, 0) is 9.47 Å². The molecular formula is C18H16Li2N2O6S2. The van der Waals surface area contributed by atoms with Crippen molar-refractivity contribution in [1.29, 1.82) is 0 Å². The Morgan fingerprint density at radius 3 is 1.47 bits per heavy atom. The number of carbonyl (C=O) groups excluding carboxylic acids is 2. The Morgan fingerprint density at radius 1 is 0.800 bits per heavy atom. The van der Waals surface area contributed by atoms with Crippen LogP contribution in [0.15, 0.2) is 24.5 Å². The summed E-state index contributed by atoms with van der Waals surface area (Å²) in [7, 11) is 0. The van der Waals surface area contributed by atoms with Crippen LogP contribution < -0.4 is 47.9 Å². The van der Waals surface area contributed by atoms with E-state index in [0.717, 1.165) is 56.7 Å². The molecule has 0 bridgehead atoms. The maximum absolute atomic E-state index is 10.5. The first kappa shape index (κ1) is 26.8. The van der Waals surface area contributed by atoms with Gasteiger partial charge in [-0.25, -0.2) is 9.97 Å². The Morgan fingerprint density at radius 2 is 1.20 bits per heavy atom. The molecule has 0 radical (unpaired) electrons. The number of carboxylic acids is 2. The van der Waals surface area contributed by atoms with Gasteiger partial charge < -0.3 is 29.3 Å². The summed E-state index contributed by atoms with van der Waals surface area (Å²) in [4.78, 5) is 29.4. The zero-order valence-corrected chi connectivity index (χ0v) is 18.3. The molecule has 0 unspecified atom stereocenters. The van der Waals surface area contributed by atoms with E-state index in [2.05, 4.69) is 9.97 Å². The standard InChI is InChI=1S/2C9H9NO3S.2Li/c2*11-9(12)7-5-10-8(14-7)6-1-3-13-4-2-6;;/h2*1,5H,2-4H2,(H,11,12);;/q;;2*+1/p-2. The molecule has 0 saturated heterocycles. The van der Waals surface area contributed by atoms with E-state index >= 15 is 0 Å². The van der Waals surface area contributed by atoms with Gasteiger partial charge in [-0.2, -0.15) is 0 Å². The predicted molar refractivity (Wildman–Crippen MR) is 99.7 cm³/mol. The molecule has 2 aliphatic heterocycles. The van der Waals surface area contributed by atoms with Crippen molar-refractivity contribution in [2.24, 2.45) is 0 Å². The zero-order chi connectivity index (χ0) is 19.9. The van der Waals surface area contributed by atoms with E-state index < -0.39 is 11.9 Å². The average Bonchev–Trinajstić information content (AvgIpc) is 3.40. The molecule has 2 aromatic rings. The number of carbonyl (C=O) groups is 2. The van der Waals surface area contributed by atoms with Crippen LogP contribution in [-0.4, -0.2) is 48.3 Å². The van der Waals surface area contributed by atoms with E-state index in [-0.39, 0.29) is 47.5 Å². The first-order valence-corrected chi connectivity index (χ1v) is 10.1. The number of aromatic carboxylic acids is 2. The number of ether oxygens (including phenoxy) is 2. The van der Waals surface area contributed by atoms with Gasteiger partial charge in [0.1, 0.15) is 10.0 Å². The zero-order valence-electron chi connectivity index (χ0n) is 16.7. The molecule has 0 aromatic carbocycles. The molecule has 0 saturated carbocycles. The van der Waals surface area contributed by atoms with Crippen molar-refractivity contribution in [1.82, 2.24) is 9.97 Å². The second kappa shape index (κ2) is 13.3. The summed E-state index contributed by atoms with van der Waals surface area (Å²) in [6.45, 7) is 2.50. The van der Waals surface area contributed by atoms with E-state index in [1.54, 1.807) is 0 Å². The van der Waals surface area contributed by atoms with Gasteiger partial charge in [-0.05, 0) is 24.0 Å². The van der Waals surface area contributed by atoms with Crippen molar-refractivity contribution < 1.29 is 67.0 Å². The van der Waals surface area contributed by atoms with Gasteiger partial charge in [0.25, 0.3) is 0 Å². The van der Waals surface area contributed by atoms with Gasteiger partial charge in [0.05, 0.1) is 48.1 Å². The third-order valence-corrected chi connectivity index (χ3v) is 6.00. The maximum atomic E-state index is 10.5. The van der Waals surface area contributed by atoms with Crippen LogP contribution in [0.4, 0.5) is 0 Å². The van der Waals surface area contributed by atoms with Gasteiger partial charge in [-0.15, -0.1) is 22.7 Å². The smallest absolute Gasteiger partial charge is 0.544 e. The Balaban J connectivity index is 0.000000281. The minimum atomic E-state index is -1.17. The molecule has 0 spiro atoms. The molecule has 0 amide bonds. The normalized spacial score (nSPS) is 15.3. The van der Waals surface area contributed by atoms with Gasteiger partial charge in [-0.1, -0.05) is 12.2 Å². The van der Waals surface area contributed by atoms with Crippen molar-refractivity contribution in [2.45, 2.75) is 12.8 Å². The Labute approximate surface area is 205 Å². The summed E-state index contributed by atoms with van der Waals surface area (Å²) in [5, 5.41) is 22.5. The van der Waals surface area contributed by atoms with Gasteiger partial charge in [0.2, 0.25) is 0 Å². The number of carboxylic acid groups (broad SMARTS) is 2. The summed E-state index contributed by atoms with van der Waals surface area (Å²) < 4.78 is 10.3. The summed E-state index contributed by atoms with van der Waals surface area (Å²) in [6, 6.07) is 0. The van der Waals surface area contributed by atoms with E-state index in [1.165, 1.54) is 12.4 Å². The second-order valence-corrected chi connectivity index (χ2v) is 7.80. The molecule has 148 valence electrons. The van der Waals surface area contributed by atoms with Crippen LogP contribution in [0.3, 0.4) is 0 Å². The molecule has 8 nitrogen and oxygen atoms in total. The monoisotopic (exact) mass is 434 g/mol. The van der Waals surface area contributed by atoms with Gasteiger partial charge in [0.15, 0.2) is 0 Å². The molecule has 0 fully saturated rings. The molecule has 4 rings (SSSR count). The average molecular weight is 434 g/mol. The minimum absolute atomic E-state index is 0. The number of nitrogens with zero attached hydrogens (tertiary/aromatic N) is 2.